The summed E-state index contributed by atoms with van der Waals surface area (Å²) in [5, 5.41) is 9.84. The molecule has 16 heavy (non-hydrogen) atoms. The Bertz CT molecular complexity index is 351. The lowest BCUT2D eigenvalue weighted by Crippen LogP contribution is -2.50. The van der Waals surface area contributed by atoms with Crippen molar-refractivity contribution < 1.29 is 9.84 Å². The molecule has 0 amide bonds. The number of hydrogen-bond donors (Lipinski definition) is 1. The van der Waals surface area contributed by atoms with Crippen LogP contribution < -0.4 is 4.90 Å². The Balaban J connectivity index is 2.11. The van der Waals surface area contributed by atoms with Gasteiger partial charge in [-0.25, -0.2) is 0 Å². The van der Waals surface area contributed by atoms with Crippen molar-refractivity contribution in [3.05, 3.63) is 24.3 Å². The molecule has 1 heterocycles. The highest BCUT2D eigenvalue weighted by atomic mass is 32.2. The summed E-state index contributed by atoms with van der Waals surface area (Å²) in [6.45, 7) is 3.62. The van der Waals surface area contributed by atoms with Crippen LogP contribution in [0.25, 0.3) is 0 Å². The fourth-order valence-corrected chi connectivity index (χ4v) is 2.28. The van der Waals surface area contributed by atoms with Crippen molar-refractivity contribution in [1.29, 1.82) is 0 Å². The first-order valence-electron chi connectivity index (χ1n) is 5.36. The highest BCUT2D eigenvalue weighted by Gasteiger charge is 2.29. The monoisotopic (exact) mass is 239 g/mol. The molecule has 3 nitrogen and oxygen atoms in total. The maximum absolute atomic E-state index is 9.84. The van der Waals surface area contributed by atoms with Crippen LogP contribution in [0.5, 0.6) is 0 Å². The van der Waals surface area contributed by atoms with E-state index in [4.69, 9.17) is 4.74 Å². The molecule has 1 fully saturated rings. The van der Waals surface area contributed by atoms with Crippen LogP contribution in [0.2, 0.25) is 0 Å². The van der Waals surface area contributed by atoms with E-state index in [1.54, 1.807) is 18.7 Å². The normalized spacial score (nSPS) is 25.8. The summed E-state index contributed by atoms with van der Waals surface area (Å²) in [5.41, 5.74) is 1.14. The van der Waals surface area contributed by atoms with Crippen LogP contribution in [0.3, 0.4) is 0 Å². The lowest BCUT2D eigenvalue weighted by Gasteiger charge is -2.38. The quantitative estimate of drug-likeness (QED) is 0.800. The van der Waals surface area contributed by atoms with E-state index in [9.17, 15) is 5.11 Å². The Labute approximate surface area is 100 Å². The van der Waals surface area contributed by atoms with Gasteiger partial charge in [-0.05, 0) is 37.4 Å². The van der Waals surface area contributed by atoms with E-state index in [1.807, 2.05) is 0 Å². The molecule has 1 N–H and O–H groups in total. The van der Waals surface area contributed by atoms with Gasteiger partial charge in [0.2, 0.25) is 0 Å². The largest absolute Gasteiger partial charge is 0.364 e. The molecule has 2 rings (SSSR count). The van der Waals surface area contributed by atoms with Crippen LogP contribution >= 0.6 is 11.8 Å². The molecule has 0 radical (unpaired) electrons. The van der Waals surface area contributed by atoms with E-state index in [0.29, 0.717) is 13.2 Å². The SMILES string of the molecule is CSc1ccc(N2CCOC(C)(O)C2)cc1. The molecule has 1 aromatic rings. The van der Waals surface area contributed by atoms with E-state index in [-0.39, 0.29) is 0 Å². The van der Waals surface area contributed by atoms with Crippen molar-refractivity contribution >= 4 is 17.4 Å². The van der Waals surface area contributed by atoms with Gasteiger partial charge in [-0.15, -0.1) is 11.8 Å². The van der Waals surface area contributed by atoms with Gasteiger partial charge in [-0.3, -0.25) is 0 Å². The van der Waals surface area contributed by atoms with Gasteiger partial charge in [-0.2, -0.15) is 0 Å². The molecule has 88 valence electrons. The molecule has 1 unspecified atom stereocenters. The minimum absolute atomic E-state index is 0.519. The molecule has 0 aliphatic carbocycles. The summed E-state index contributed by atoms with van der Waals surface area (Å²) in [6, 6.07) is 8.38. The number of morpholine rings is 1. The highest BCUT2D eigenvalue weighted by Crippen LogP contribution is 2.24. The van der Waals surface area contributed by atoms with Gasteiger partial charge in [0.05, 0.1) is 13.2 Å². The van der Waals surface area contributed by atoms with Crippen molar-refractivity contribution in [2.75, 3.05) is 30.9 Å². The van der Waals surface area contributed by atoms with Gasteiger partial charge in [0.15, 0.2) is 5.79 Å². The predicted molar refractivity (Wildman–Crippen MR) is 67.0 cm³/mol. The van der Waals surface area contributed by atoms with Crippen LogP contribution in [0, 0.1) is 0 Å². The number of hydrogen-bond acceptors (Lipinski definition) is 4. The minimum Gasteiger partial charge on any atom is -0.364 e. The third-order valence-electron chi connectivity index (χ3n) is 2.70. The number of nitrogens with zero attached hydrogens (tertiary/aromatic N) is 1. The molecular weight excluding hydrogens is 222 g/mol. The van der Waals surface area contributed by atoms with Gasteiger partial charge < -0.3 is 14.7 Å². The van der Waals surface area contributed by atoms with Crippen LogP contribution in [-0.2, 0) is 4.74 Å². The second-order valence-corrected chi connectivity index (χ2v) is 5.02. The van der Waals surface area contributed by atoms with E-state index < -0.39 is 5.79 Å². The van der Waals surface area contributed by atoms with E-state index >= 15 is 0 Å². The number of thioether (sulfide) groups is 1. The maximum Gasteiger partial charge on any atom is 0.180 e. The third kappa shape index (κ3) is 2.70. The van der Waals surface area contributed by atoms with Crippen molar-refractivity contribution in [3.8, 4) is 0 Å². The molecule has 1 aliphatic heterocycles. The Morgan fingerprint density at radius 1 is 1.38 bits per heavy atom. The Morgan fingerprint density at radius 2 is 2.06 bits per heavy atom. The second kappa shape index (κ2) is 4.65. The Kier molecular flexibility index (Phi) is 3.42. The molecule has 1 atom stereocenters. The zero-order chi connectivity index (χ0) is 11.6. The van der Waals surface area contributed by atoms with E-state index in [2.05, 4.69) is 35.4 Å². The summed E-state index contributed by atoms with van der Waals surface area (Å²) in [4.78, 5) is 3.40. The van der Waals surface area contributed by atoms with Gasteiger partial charge in [0, 0.05) is 17.1 Å². The van der Waals surface area contributed by atoms with E-state index in [1.165, 1.54) is 4.90 Å². The zero-order valence-electron chi connectivity index (χ0n) is 9.64. The van der Waals surface area contributed by atoms with Gasteiger partial charge >= 0.3 is 0 Å². The molecule has 1 aromatic carbocycles. The molecule has 0 bridgehead atoms. The maximum atomic E-state index is 9.84. The van der Waals surface area contributed by atoms with Crippen molar-refractivity contribution in [2.24, 2.45) is 0 Å². The predicted octanol–water partition coefficient (Wildman–Crippen LogP) is 1.95. The van der Waals surface area contributed by atoms with Crippen LogP contribution in [0.1, 0.15) is 6.92 Å². The standard InChI is InChI=1S/C12H17NO2S/c1-12(14)9-13(7-8-15-12)10-3-5-11(16-2)6-4-10/h3-6,14H,7-9H2,1-2H3. The molecule has 0 saturated carbocycles. The number of anilines is 1. The molecule has 0 spiro atoms. The summed E-state index contributed by atoms with van der Waals surface area (Å²) in [6.07, 6.45) is 2.06. The highest BCUT2D eigenvalue weighted by molar-refractivity contribution is 7.98. The lowest BCUT2D eigenvalue weighted by atomic mass is 10.2. The van der Waals surface area contributed by atoms with Crippen LogP contribution in [-0.4, -0.2) is 36.8 Å². The first-order chi connectivity index (χ1) is 7.61. The number of ether oxygens (including phenoxy) is 1. The fourth-order valence-electron chi connectivity index (χ4n) is 1.87. The smallest absolute Gasteiger partial charge is 0.180 e. The molecule has 1 aliphatic rings. The average molecular weight is 239 g/mol. The van der Waals surface area contributed by atoms with Crippen LogP contribution in [0.15, 0.2) is 29.2 Å². The molecule has 1 saturated heterocycles. The van der Waals surface area contributed by atoms with Crippen molar-refractivity contribution in [1.82, 2.24) is 0 Å². The Morgan fingerprint density at radius 3 is 2.62 bits per heavy atom. The summed E-state index contributed by atoms with van der Waals surface area (Å²) in [7, 11) is 0. The van der Waals surface area contributed by atoms with Gasteiger partial charge in [-0.1, -0.05) is 0 Å². The van der Waals surface area contributed by atoms with Crippen molar-refractivity contribution in [2.45, 2.75) is 17.6 Å². The van der Waals surface area contributed by atoms with E-state index in [0.717, 1.165) is 12.2 Å². The summed E-state index contributed by atoms with van der Waals surface area (Å²) in [5.74, 6) is -1.03. The second-order valence-electron chi connectivity index (χ2n) is 4.14. The molecule has 0 aromatic heterocycles. The first-order valence-corrected chi connectivity index (χ1v) is 6.58. The van der Waals surface area contributed by atoms with Crippen molar-refractivity contribution in [3.63, 3.8) is 0 Å². The average Bonchev–Trinajstić information content (AvgIpc) is 2.28. The minimum atomic E-state index is -1.03. The molecule has 4 heteroatoms. The summed E-state index contributed by atoms with van der Waals surface area (Å²) >= 11 is 1.73. The number of rotatable bonds is 2. The third-order valence-corrected chi connectivity index (χ3v) is 3.44. The molecular formula is C12H17NO2S. The number of aliphatic hydroxyl groups is 1. The van der Waals surface area contributed by atoms with Gasteiger partial charge in [0.25, 0.3) is 0 Å². The Hall–Kier alpha value is -0.710. The fraction of sp³-hybridized carbons (Fsp3) is 0.500. The number of β-amino-alcohol motifs (C(OH)–C–C–N with tert-alkyl or cyclic N) is 1. The number of benzene rings is 1. The summed E-state index contributed by atoms with van der Waals surface area (Å²) < 4.78 is 5.27. The zero-order valence-corrected chi connectivity index (χ0v) is 10.5. The lowest BCUT2D eigenvalue weighted by molar-refractivity contribution is -0.193. The van der Waals surface area contributed by atoms with Crippen LogP contribution in [0.4, 0.5) is 5.69 Å². The van der Waals surface area contributed by atoms with Gasteiger partial charge in [0.1, 0.15) is 0 Å². The first kappa shape index (κ1) is 11.8. The topological polar surface area (TPSA) is 32.7 Å².